The zero-order valence-corrected chi connectivity index (χ0v) is 24.8. The van der Waals surface area contributed by atoms with Crippen LogP contribution < -0.4 is 10.3 Å². The number of aromatic nitrogens is 1. The van der Waals surface area contributed by atoms with Crippen molar-refractivity contribution in [3.05, 3.63) is 114 Å². The topological polar surface area (TPSA) is 109 Å². The molecule has 9 nitrogen and oxygen atoms in total. The number of nitro groups is 1. The summed E-state index contributed by atoms with van der Waals surface area (Å²) < 4.78 is 1.75. The standard InChI is InChI=1S/C32H33ClN4O5/c1-20-27-24(30(38)25(31(39)40)19-36(27)32(2,3)4)18-26(37(41)42)28(20)34-14-16-35(17-15-34)29(21-8-6-5-7-9-21)22-10-12-23(33)13-11-22/h5-13,18-19,29H,14-17H2,1-4H3,(H,39,40). The van der Waals surface area contributed by atoms with E-state index < -0.39 is 27.4 Å². The van der Waals surface area contributed by atoms with Crippen LogP contribution >= 0.6 is 11.6 Å². The molecule has 10 heteroatoms. The number of halogens is 1. The molecule has 1 saturated heterocycles. The van der Waals surface area contributed by atoms with Gasteiger partial charge in [-0.3, -0.25) is 19.8 Å². The lowest BCUT2D eigenvalue weighted by atomic mass is 9.96. The second kappa shape index (κ2) is 11.2. The van der Waals surface area contributed by atoms with Gasteiger partial charge >= 0.3 is 5.97 Å². The maximum Gasteiger partial charge on any atom is 0.341 e. The first-order valence-corrected chi connectivity index (χ1v) is 14.2. The SMILES string of the molecule is Cc1c(N2CCN(C(c3ccccc3)c3ccc(Cl)cc3)CC2)c([N+](=O)[O-])cc2c(=O)c(C(=O)O)cn(C(C)(C)C)c12. The zero-order valence-electron chi connectivity index (χ0n) is 24.0. The minimum atomic E-state index is -1.37. The number of hydrogen-bond acceptors (Lipinski definition) is 6. The predicted octanol–water partition coefficient (Wildman–Crippen LogP) is 6.24. The zero-order chi connectivity index (χ0) is 30.3. The molecular formula is C32H33ClN4O5. The number of nitrogens with zero attached hydrogens (tertiary/aromatic N) is 4. The van der Waals surface area contributed by atoms with Crippen LogP contribution in [0.1, 0.15) is 53.9 Å². The Kier molecular flexibility index (Phi) is 7.83. The van der Waals surface area contributed by atoms with Gasteiger partial charge in [-0.05, 0) is 51.0 Å². The largest absolute Gasteiger partial charge is 0.477 e. The highest BCUT2D eigenvalue weighted by Gasteiger charge is 2.33. The van der Waals surface area contributed by atoms with Gasteiger partial charge in [0.1, 0.15) is 11.3 Å². The summed E-state index contributed by atoms with van der Waals surface area (Å²) in [4.78, 5) is 41.4. The Morgan fingerprint density at radius 2 is 1.60 bits per heavy atom. The van der Waals surface area contributed by atoms with E-state index in [0.29, 0.717) is 48.0 Å². The smallest absolute Gasteiger partial charge is 0.341 e. The normalized spacial score (nSPS) is 15.1. The molecule has 0 spiro atoms. The van der Waals surface area contributed by atoms with Crippen LogP contribution in [-0.4, -0.2) is 51.6 Å². The van der Waals surface area contributed by atoms with Gasteiger partial charge < -0.3 is 14.6 Å². The highest BCUT2D eigenvalue weighted by Crippen LogP contribution is 2.40. The molecule has 1 unspecified atom stereocenters. The van der Waals surface area contributed by atoms with Crippen LogP contribution in [0.5, 0.6) is 0 Å². The maximum atomic E-state index is 13.2. The number of nitro benzene ring substituents is 1. The summed E-state index contributed by atoms with van der Waals surface area (Å²) in [5.41, 5.74) is 1.85. The number of hydrogen-bond donors (Lipinski definition) is 1. The van der Waals surface area contributed by atoms with E-state index in [-0.39, 0.29) is 17.1 Å². The third kappa shape index (κ3) is 5.37. The second-order valence-electron chi connectivity index (χ2n) is 11.6. The van der Waals surface area contributed by atoms with Crippen molar-refractivity contribution in [1.82, 2.24) is 9.47 Å². The Labute approximate surface area is 248 Å². The van der Waals surface area contributed by atoms with Crippen molar-refractivity contribution in [1.29, 1.82) is 0 Å². The molecule has 42 heavy (non-hydrogen) atoms. The van der Waals surface area contributed by atoms with Crippen LogP contribution in [-0.2, 0) is 5.54 Å². The van der Waals surface area contributed by atoms with Crippen LogP contribution in [0, 0.1) is 17.0 Å². The first-order chi connectivity index (χ1) is 19.9. The average molecular weight is 589 g/mol. The van der Waals surface area contributed by atoms with E-state index >= 15 is 0 Å². The molecule has 1 aliphatic rings. The Morgan fingerprint density at radius 1 is 1.00 bits per heavy atom. The molecule has 0 aliphatic carbocycles. The van der Waals surface area contributed by atoms with Crippen molar-refractivity contribution in [2.45, 2.75) is 39.3 Å². The molecule has 4 aromatic rings. The van der Waals surface area contributed by atoms with E-state index in [0.717, 1.165) is 11.1 Å². The lowest BCUT2D eigenvalue weighted by Gasteiger charge is -2.41. The molecule has 1 aromatic heterocycles. The summed E-state index contributed by atoms with van der Waals surface area (Å²) in [7, 11) is 0. The number of carboxylic acids is 1. The Morgan fingerprint density at radius 3 is 2.14 bits per heavy atom. The van der Waals surface area contributed by atoms with Gasteiger partial charge in [0.25, 0.3) is 5.69 Å². The average Bonchev–Trinajstić information content (AvgIpc) is 2.94. The van der Waals surface area contributed by atoms with Crippen molar-refractivity contribution in [3.63, 3.8) is 0 Å². The van der Waals surface area contributed by atoms with Crippen molar-refractivity contribution >= 4 is 39.8 Å². The van der Waals surface area contributed by atoms with Gasteiger partial charge in [0, 0.05) is 54.6 Å². The van der Waals surface area contributed by atoms with Gasteiger partial charge in [0.15, 0.2) is 0 Å². The molecular weight excluding hydrogens is 556 g/mol. The first kappa shape index (κ1) is 29.3. The van der Waals surface area contributed by atoms with Crippen molar-refractivity contribution < 1.29 is 14.8 Å². The fraction of sp³-hybridized carbons (Fsp3) is 0.312. The summed E-state index contributed by atoms with van der Waals surface area (Å²) in [6.07, 6.45) is 1.35. The molecule has 0 amide bonds. The molecule has 2 heterocycles. The molecule has 1 atom stereocenters. The van der Waals surface area contributed by atoms with Gasteiger partial charge in [-0.25, -0.2) is 4.79 Å². The molecule has 1 aliphatic heterocycles. The van der Waals surface area contributed by atoms with Gasteiger partial charge in [-0.2, -0.15) is 0 Å². The predicted molar refractivity (Wildman–Crippen MR) is 165 cm³/mol. The van der Waals surface area contributed by atoms with Gasteiger partial charge in [-0.15, -0.1) is 0 Å². The highest BCUT2D eigenvalue weighted by atomic mass is 35.5. The van der Waals surface area contributed by atoms with Crippen LogP contribution in [0.3, 0.4) is 0 Å². The molecule has 3 aromatic carbocycles. The summed E-state index contributed by atoms with van der Waals surface area (Å²) >= 11 is 6.18. The lowest BCUT2D eigenvalue weighted by molar-refractivity contribution is -0.384. The quantitative estimate of drug-likeness (QED) is 0.210. The van der Waals surface area contributed by atoms with Crippen LogP contribution in [0.4, 0.5) is 11.4 Å². The number of rotatable bonds is 6. The number of benzene rings is 3. The van der Waals surface area contributed by atoms with Crippen LogP contribution in [0.2, 0.25) is 5.02 Å². The molecule has 0 radical (unpaired) electrons. The summed E-state index contributed by atoms with van der Waals surface area (Å²) in [6.45, 7) is 9.82. The second-order valence-corrected chi connectivity index (χ2v) is 12.1. The Bertz CT molecular complexity index is 1720. The van der Waals surface area contributed by atoms with E-state index in [9.17, 15) is 24.8 Å². The number of piperazine rings is 1. The minimum Gasteiger partial charge on any atom is -0.477 e. The summed E-state index contributed by atoms with van der Waals surface area (Å²) in [5.74, 6) is -1.37. The Hall–Kier alpha value is -4.21. The molecule has 1 N–H and O–H groups in total. The minimum absolute atomic E-state index is 0.0150. The van der Waals surface area contributed by atoms with E-state index in [1.165, 1.54) is 12.3 Å². The van der Waals surface area contributed by atoms with Crippen LogP contribution in [0.15, 0.2) is 71.7 Å². The van der Waals surface area contributed by atoms with E-state index in [1.807, 2.05) is 68.1 Å². The summed E-state index contributed by atoms with van der Waals surface area (Å²) in [6, 6.07) is 19.3. The van der Waals surface area contributed by atoms with Gasteiger partial charge in [-0.1, -0.05) is 54.1 Å². The molecule has 218 valence electrons. The van der Waals surface area contributed by atoms with Gasteiger partial charge in [0.05, 0.1) is 21.9 Å². The van der Waals surface area contributed by atoms with Crippen molar-refractivity contribution in [2.75, 3.05) is 31.1 Å². The fourth-order valence-corrected chi connectivity index (χ4v) is 6.10. The first-order valence-electron chi connectivity index (χ1n) is 13.8. The number of pyridine rings is 1. The van der Waals surface area contributed by atoms with E-state index in [4.69, 9.17) is 11.6 Å². The molecule has 0 bridgehead atoms. The third-order valence-corrected chi connectivity index (χ3v) is 8.18. The highest BCUT2D eigenvalue weighted by molar-refractivity contribution is 6.30. The lowest BCUT2D eigenvalue weighted by Crippen LogP contribution is -2.48. The Balaban J connectivity index is 1.58. The van der Waals surface area contributed by atoms with Crippen molar-refractivity contribution in [3.8, 4) is 0 Å². The number of anilines is 1. The van der Waals surface area contributed by atoms with Crippen LogP contribution in [0.25, 0.3) is 10.9 Å². The van der Waals surface area contributed by atoms with E-state index in [1.54, 1.807) is 11.5 Å². The molecule has 1 fully saturated rings. The third-order valence-electron chi connectivity index (χ3n) is 7.92. The number of aryl methyl sites for hydroxylation is 1. The van der Waals surface area contributed by atoms with Gasteiger partial charge in [0.2, 0.25) is 5.43 Å². The number of carbonyl (C=O) groups is 1. The number of aromatic carboxylic acids is 1. The molecule has 5 rings (SSSR count). The summed E-state index contributed by atoms with van der Waals surface area (Å²) in [5, 5.41) is 22.8. The van der Waals surface area contributed by atoms with Crippen molar-refractivity contribution in [2.24, 2.45) is 0 Å². The van der Waals surface area contributed by atoms with E-state index in [2.05, 4.69) is 17.0 Å². The maximum absolute atomic E-state index is 13.2. The number of fused-ring (bicyclic) bond motifs is 1. The fourth-order valence-electron chi connectivity index (χ4n) is 5.98. The molecule has 0 saturated carbocycles. The monoisotopic (exact) mass is 588 g/mol. The number of carboxylic acid groups (broad SMARTS) is 1.